The zero-order chi connectivity index (χ0) is 15.4. The molecule has 1 amide bonds. The summed E-state index contributed by atoms with van der Waals surface area (Å²) in [6, 6.07) is 11.5. The fourth-order valence-electron chi connectivity index (χ4n) is 1.91. The van der Waals surface area contributed by atoms with Crippen LogP contribution in [0.3, 0.4) is 0 Å². The summed E-state index contributed by atoms with van der Waals surface area (Å²) < 4.78 is 0. The summed E-state index contributed by atoms with van der Waals surface area (Å²) in [4.78, 5) is 11.9. The van der Waals surface area contributed by atoms with Crippen LogP contribution in [0.5, 0.6) is 0 Å². The van der Waals surface area contributed by atoms with Gasteiger partial charge in [0, 0.05) is 16.4 Å². The second-order valence-electron chi connectivity index (χ2n) is 5.16. The number of amides is 1. The van der Waals surface area contributed by atoms with Gasteiger partial charge in [0.1, 0.15) is 0 Å². The van der Waals surface area contributed by atoms with Crippen molar-refractivity contribution in [3.63, 3.8) is 0 Å². The van der Waals surface area contributed by atoms with Crippen molar-refractivity contribution < 1.29 is 4.79 Å². The van der Waals surface area contributed by atoms with E-state index in [1.54, 1.807) is 6.07 Å². The molecule has 0 heterocycles. The van der Waals surface area contributed by atoms with E-state index in [0.717, 1.165) is 11.3 Å². The van der Waals surface area contributed by atoms with Crippen molar-refractivity contribution in [2.24, 2.45) is 0 Å². The van der Waals surface area contributed by atoms with E-state index in [4.69, 9.17) is 11.6 Å². The van der Waals surface area contributed by atoms with Crippen molar-refractivity contribution in [1.29, 1.82) is 0 Å². The molecule has 0 saturated carbocycles. The Bertz CT molecular complexity index is 668. The van der Waals surface area contributed by atoms with Crippen LogP contribution in [0.15, 0.2) is 36.4 Å². The Morgan fingerprint density at radius 1 is 0.952 bits per heavy atom. The van der Waals surface area contributed by atoms with E-state index in [1.165, 1.54) is 11.1 Å². The van der Waals surface area contributed by atoms with Crippen molar-refractivity contribution in [2.75, 3.05) is 17.2 Å². The van der Waals surface area contributed by atoms with Gasteiger partial charge >= 0.3 is 0 Å². The van der Waals surface area contributed by atoms with Crippen molar-refractivity contribution in [1.82, 2.24) is 0 Å². The zero-order valence-electron chi connectivity index (χ0n) is 12.5. The molecule has 0 aliphatic heterocycles. The number of carbonyl (C=O) groups excluding carboxylic acids is 1. The van der Waals surface area contributed by atoms with Crippen molar-refractivity contribution >= 4 is 28.9 Å². The third-order valence-corrected chi connectivity index (χ3v) is 3.82. The molecule has 4 heteroatoms. The van der Waals surface area contributed by atoms with Gasteiger partial charge in [-0.3, -0.25) is 4.79 Å². The van der Waals surface area contributed by atoms with Crippen LogP contribution in [0.4, 0.5) is 11.4 Å². The predicted octanol–water partition coefficient (Wildman–Crippen LogP) is 4.32. The molecule has 0 spiro atoms. The van der Waals surface area contributed by atoms with Gasteiger partial charge in [-0.1, -0.05) is 23.7 Å². The van der Waals surface area contributed by atoms with E-state index in [0.29, 0.717) is 10.7 Å². The Labute approximate surface area is 130 Å². The van der Waals surface area contributed by atoms with Crippen LogP contribution in [0, 0.1) is 20.8 Å². The number of carbonyl (C=O) groups is 1. The average Bonchev–Trinajstić information content (AvgIpc) is 2.44. The number of hydrogen-bond acceptors (Lipinski definition) is 2. The number of halogens is 1. The highest BCUT2D eigenvalue weighted by Gasteiger charge is 2.04. The molecule has 0 atom stereocenters. The Kier molecular flexibility index (Phi) is 4.86. The van der Waals surface area contributed by atoms with Gasteiger partial charge in [-0.2, -0.15) is 0 Å². The van der Waals surface area contributed by atoms with Crippen LogP contribution < -0.4 is 10.6 Å². The number of anilines is 2. The molecule has 21 heavy (non-hydrogen) atoms. The molecule has 0 aliphatic rings. The third kappa shape index (κ3) is 4.23. The monoisotopic (exact) mass is 302 g/mol. The smallest absolute Gasteiger partial charge is 0.243 e. The Hall–Kier alpha value is -2.00. The Morgan fingerprint density at radius 3 is 2.29 bits per heavy atom. The number of benzene rings is 2. The molecule has 0 bridgehead atoms. The number of aryl methyl sites for hydroxylation is 3. The first-order chi connectivity index (χ1) is 9.95. The first-order valence-corrected chi connectivity index (χ1v) is 7.20. The fourth-order valence-corrected chi connectivity index (χ4v) is 2.09. The second-order valence-corrected chi connectivity index (χ2v) is 5.57. The van der Waals surface area contributed by atoms with Gasteiger partial charge in [0.05, 0.1) is 6.54 Å². The lowest BCUT2D eigenvalue weighted by Gasteiger charge is -2.10. The maximum absolute atomic E-state index is 11.9. The topological polar surface area (TPSA) is 41.1 Å². The van der Waals surface area contributed by atoms with Crippen LogP contribution in [0.1, 0.15) is 16.7 Å². The Morgan fingerprint density at radius 2 is 1.62 bits per heavy atom. The van der Waals surface area contributed by atoms with Crippen molar-refractivity contribution in [3.05, 3.63) is 58.1 Å². The van der Waals surface area contributed by atoms with E-state index in [1.807, 2.05) is 37.3 Å². The van der Waals surface area contributed by atoms with E-state index >= 15 is 0 Å². The molecule has 0 fully saturated rings. The molecular formula is C17H19ClN2O. The number of nitrogens with one attached hydrogen (secondary N) is 2. The average molecular weight is 303 g/mol. The molecule has 110 valence electrons. The highest BCUT2D eigenvalue weighted by molar-refractivity contribution is 6.31. The van der Waals surface area contributed by atoms with E-state index in [-0.39, 0.29) is 12.5 Å². The molecule has 0 radical (unpaired) electrons. The highest BCUT2D eigenvalue weighted by Crippen LogP contribution is 2.20. The lowest BCUT2D eigenvalue weighted by Crippen LogP contribution is -2.21. The van der Waals surface area contributed by atoms with Crippen LogP contribution in [0.2, 0.25) is 5.02 Å². The van der Waals surface area contributed by atoms with Crippen LogP contribution in [-0.4, -0.2) is 12.5 Å². The minimum atomic E-state index is -0.104. The van der Waals surface area contributed by atoms with Crippen LogP contribution >= 0.6 is 11.6 Å². The van der Waals surface area contributed by atoms with E-state index in [9.17, 15) is 4.79 Å². The van der Waals surface area contributed by atoms with E-state index in [2.05, 4.69) is 24.5 Å². The molecule has 0 aliphatic carbocycles. The Balaban J connectivity index is 1.92. The third-order valence-electron chi connectivity index (χ3n) is 3.42. The minimum Gasteiger partial charge on any atom is -0.376 e. The van der Waals surface area contributed by atoms with Crippen molar-refractivity contribution in [2.45, 2.75) is 20.8 Å². The standard InChI is InChI=1S/C17H19ClN2O/c1-11-4-6-14(8-13(11)3)19-10-17(21)20-15-7-5-12(2)16(18)9-15/h4-9,19H,10H2,1-3H3,(H,20,21). The molecular weight excluding hydrogens is 284 g/mol. The second kappa shape index (κ2) is 6.64. The fraction of sp³-hybridized carbons (Fsp3) is 0.235. The highest BCUT2D eigenvalue weighted by atomic mass is 35.5. The molecule has 2 rings (SSSR count). The van der Waals surface area contributed by atoms with Gasteiger partial charge in [0.25, 0.3) is 0 Å². The predicted molar refractivity (Wildman–Crippen MR) is 89.2 cm³/mol. The number of hydrogen-bond donors (Lipinski definition) is 2. The first-order valence-electron chi connectivity index (χ1n) is 6.83. The summed E-state index contributed by atoms with van der Waals surface area (Å²) in [6.07, 6.45) is 0. The molecule has 3 nitrogen and oxygen atoms in total. The molecule has 2 N–H and O–H groups in total. The quantitative estimate of drug-likeness (QED) is 0.883. The van der Waals surface area contributed by atoms with Crippen LogP contribution in [-0.2, 0) is 4.79 Å². The van der Waals surface area contributed by atoms with Gasteiger partial charge in [-0.05, 0) is 61.7 Å². The van der Waals surface area contributed by atoms with Crippen LogP contribution in [0.25, 0.3) is 0 Å². The maximum atomic E-state index is 11.9. The summed E-state index contributed by atoms with van der Waals surface area (Å²) in [5.74, 6) is -0.104. The SMILES string of the molecule is Cc1ccc(NCC(=O)Nc2ccc(C)c(Cl)c2)cc1C. The normalized spacial score (nSPS) is 10.3. The lowest BCUT2D eigenvalue weighted by atomic mass is 10.1. The van der Waals surface area contributed by atoms with Gasteiger partial charge in [-0.25, -0.2) is 0 Å². The molecule has 2 aromatic carbocycles. The summed E-state index contributed by atoms with van der Waals surface area (Å²) in [7, 11) is 0. The molecule has 0 saturated heterocycles. The maximum Gasteiger partial charge on any atom is 0.243 e. The molecule has 0 aromatic heterocycles. The summed E-state index contributed by atoms with van der Waals surface area (Å²) in [6.45, 7) is 6.26. The minimum absolute atomic E-state index is 0.104. The first kappa shape index (κ1) is 15.4. The number of rotatable bonds is 4. The lowest BCUT2D eigenvalue weighted by molar-refractivity contribution is -0.114. The molecule has 2 aromatic rings. The van der Waals surface area contributed by atoms with Gasteiger partial charge in [-0.15, -0.1) is 0 Å². The largest absolute Gasteiger partial charge is 0.376 e. The van der Waals surface area contributed by atoms with Crippen molar-refractivity contribution in [3.8, 4) is 0 Å². The van der Waals surface area contributed by atoms with E-state index < -0.39 is 0 Å². The molecule has 0 unspecified atom stereocenters. The summed E-state index contributed by atoms with van der Waals surface area (Å²) in [5.41, 5.74) is 5.07. The summed E-state index contributed by atoms with van der Waals surface area (Å²) in [5, 5.41) is 6.58. The van der Waals surface area contributed by atoms with Gasteiger partial charge in [0.15, 0.2) is 0 Å². The summed E-state index contributed by atoms with van der Waals surface area (Å²) >= 11 is 6.04. The zero-order valence-corrected chi connectivity index (χ0v) is 13.2. The van der Waals surface area contributed by atoms with Gasteiger partial charge in [0.2, 0.25) is 5.91 Å². The van der Waals surface area contributed by atoms with Gasteiger partial charge < -0.3 is 10.6 Å².